The van der Waals surface area contributed by atoms with Gasteiger partial charge in [-0.05, 0) is 13.3 Å². The summed E-state index contributed by atoms with van der Waals surface area (Å²) in [6, 6.07) is 0. The van der Waals surface area contributed by atoms with Crippen molar-refractivity contribution < 1.29 is 80.2 Å². The molecule has 0 saturated heterocycles. The first kappa shape index (κ1) is 30.8. The molecule has 18 heteroatoms. The summed E-state index contributed by atoms with van der Waals surface area (Å²) < 4.78 is 201. The van der Waals surface area contributed by atoms with Gasteiger partial charge in [-0.25, -0.2) is 0 Å². The Balaban J connectivity index is 6.72. The lowest BCUT2D eigenvalue weighted by molar-refractivity contribution is -0.449. The number of hydrogen-bond donors (Lipinski definition) is 0. The van der Waals surface area contributed by atoms with E-state index in [4.69, 9.17) is 0 Å². The summed E-state index contributed by atoms with van der Waals surface area (Å²) in [4.78, 5) is 23.1. The lowest BCUT2D eigenvalue weighted by Gasteiger charge is -2.41. The number of alkyl halides is 15. The van der Waals surface area contributed by atoms with Crippen LogP contribution in [0.2, 0.25) is 0 Å². The van der Waals surface area contributed by atoms with Gasteiger partial charge in [0.05, 0.1) is 6.61 Å². The maximum atomic E-state index is 13.9. The van der Waals surface area contributed by atoms with Gasteiger partial charge in [-0.3, -0.25) is 9.59 Å². The number of allylic oxidation sites excluding steroid dienone is 1. The minimum atomic E-state index is -8.52. The molecular weight excluding hydrogens is 513 g/mol. The summed E-state index contributed by atoms with van der Waals surface area (Å²) in [6.45, 7) is 3.03. The van der Waals surface area contributed by atoms with Crippen LogP contribution in [-0.2, 0) is 14.3 Å². The maximum absolute atomic E-state index is 13.9. The van der Waals surface area contributed by atoms with Gasteiger partial charge in [0.2, 0.25) is 5.78 Å². The minimum absolute atomic E-state index is 0.387. The summed E-state index contributed by atoms with van der Waals surface area (Å²) in [7, 11) is 0. The molecule has 0 aromatic rings. The zero-order valence-electron chi connectivity index (χ0n) is 15.7. The van der Waals surface area contributed by atoms with Crippen LogP contribution in [0.5, 0.6) is 0 Å². The standard InChI is InChI=1S/C15H11F15O3/c1-3-5-6(8(32)33-4-2)7(31)9(16,17)10(18,19)11(20,21)12(22,23)13(24,25)14(26,27)15(28,29)30/h3,6H,1,4-5H2,2H3. The Kier molecular flexibility index (Phi) is 8.30. The van der Waals surface area contributed by atoms with Crippen molar-refractivity contribution >= 4 is 11.8 Å². The van der Waals surface area contributed by atoms with Gasteiger partial charge in [-0.2, -0.15) is 65.9 Å². The first-order valence-corrected chi connectivity index (χ1v) is 7.99. The molecule has 1 atom stereocenters. The average Bonchev–Trinajstić information content (AvgIpc) is 2.63. The van der Waals surface area contributed by atoms with Crippen LogP contribution >= 0.6 is 0 Å². The largest absolute Gasteiger partial charge is 0.465 e. The van der Waals surface area contributed by atoms with Crippen molar-refractivity contribution in [3.8, 4) is 0 Å². The lowest BCUT2D eigenvalue weighted by Crippen LogP contribution is -2.73. The summed E-state index contributed by atoms with van der Waals surface area (Å²) in [5.74, 6) is -57.6. The van der Waals surface area contributed by atoms with Crippen molar-refractivity contribution in [2.45, 2.75) is 55.1 Å². The molecule has 0 saturated carbocycles. The van der Waals surface area contributed by atoms with E-state index in [9.17, 15) is 75.4 Å². The van der Waals surface area contributed by atoms with Gasteiger partial charge in [0.25, 0.3) is 0 Å². The van der Waals surface area contributed by atoms with Crippen LogP contribution < -0.4 is 0 Å². The number of ether oxygens (including phenoxy) is 1. The molecule has 0 spiro atoms. The van der Waals surface area contributed by atoms with Crippen molar-refractivity contribution in [1.82, 2.24) is 0 Å². The van der Waals surface area contributed by atoms with Crippen LogP contribution in [0.25, 0.3) is 0 Å². The quantitative estimate of drug-likeness (QED) is 0.151. The maximum Gasteiger partial charge on any atom is 0.460 e. The molecule has 0 aliphatic heterocycles. The molecule has 3 nitrogen and oxygen atoms in total. The summed E-state index contributed by atoms with van der Waals surface area (Å²) in [5, 5.41) is 0. The zero-order chi connectivity index (χ0) is 27.1. The zero-order valence-corrected chi connectivity index (χ0v) is 15.7. The highest BCUT2D eigenvalue weighted by atomic mass is 19.4. The fourth-order valence-electron chi connectivity index (χ4n) is 2.06. The van der Waals surface area contributed by atoms with Gasteiger partial charge in [0.1, 0.15) is 5.92 Å². The molecule has 0 amide bonds. The molecule has 0 heterocycles. The Morgan fingerprint density at radius 1 is 0.727 bits per heavy atom. The first-order valence-electron chi connectivity index (χ1n) is 7.99. The first-order chi connectivity index (χ1) is 14.3. The Bertz CT molecular complexity index is 754. The summed E-state index contributed by atoms with van der Waals surface area (Å²) >= 11 is 0. The molecule has 0 aromatic heterocycles. The van der Waals surface area contributed by atoms with E-state index < -0.39 is 72.4 Å². The second kappa shape index (κ2) is 8.88. The summed E-state index contributed by atoms with van der Waals surface area (Å²) in [6.07, 6.45) is -8.71. The number of hydrogen-bond acceptors (Lipinski definition) is 3. The van der Waals surface area contributed by atoms with E-state index >= 15 is 0 Å². The van der Waals surface area contributed by atoms with Crippen LogP contribution in [0.15, 0.2) is 12.7 Å². The topological polar surface area (TPSA) is 43.4 Å². The third-order valence-electron chi connectivity index (χ3n) is 3.93. The predicted octanol–water partition coefficient (Wildman–Crippen LogP) is 5.69. The molecule has 0 aromatic carbocycles. The third-order valence-corrected chi connectivity index (χ3v) is 3.93. The molecule has 0 fully saturated rings. The van der Waals surface area contributed by atoms with Crippen LogP contribution in [0.1, 0.15) is 13.3 Å². The Labute approximate surface area is 173 Å². The normalized spacial score (nSPS) is 15.8. The molecule has 194 valence electrons. The number of ketones is 1. The van der Waals surface area contributed by atoms with E-state index in [0.29, 0.717) is 6.08 Å². The third kappa shape index (κ3) is 4.48. The minimum Gasteiger partial charge on any atom is -0.465 e. The van der Waals surface area contributed by atoms with Gasteiger partial charge >= 0.3 is 47.7 Å². The monoisotopic (exact) mass is 524 g/mol. The van der Waals surface area contributed by atoms with Crippen LogP contribution in [0.4, 0.5) is 65.9 Å². The second-order valence-corrected chi connectivity index (χ2v) is 6.14. The highest BCUT2D eigenvalue weighted by molar-refractivity contribution is 6.03. The van der Waals surface area contributed by atoms with Gasteiger partial charge in [-0.15, -0.1) is 6.58 Å². The Hall–Kier alpha value is -2.17. The Morgan fingerprint density at radius 3 is 1.42 bits per heavy atom. The van der Waals surface area contributed by atoms with Gasteiger partial charge < -0.3 is 4.74 Å². The molecule has 0 bridgehead atoms. The Morgan fingerprint density at radius 2 is 1.09 bits per heavy atom. The van der Waals surface area contributed by atoms with E-state index in [1.54, 1.807) is 0 Å². The molecular formula is C15H11F15O3. The van der Waals surface area contributed by atoms with E-state index in [1.165, 1.54) is 0 Å². The predicted molar refractivity (Wildman–Crippen MR) is 75.7 cm³/mol. The molecule has 0 radical (unpaired) electrons. The van der Waals surface area contributed by atoms with E-state index in [-0.39, 0.29) is 0 Å². The number of carbonyl (C=O) groups excluding carboxylic acids is 2. The van der Waals surface area contributed by atoms with Crippen molar-refractivity contribution in [3.63, 3.8) is 0 Å². The fourth-order valence-corrected chi connectivity index (χ4v) is 2.06. The lowest BCUT2D eigenvalue weighted by atomic mass is 9.86. The van der Waals surface area contributed by atoms with Crippen LogP contribution in [0.3, 0.4) is 0 Å². The second-order valence-electron chi connectivity index (χ2n) is 6.14. The molecule has 0 rings (SSSR count). The number of esters is 1. The molecule has 0 aliphatic rings. The van der Waals surface area contributed by atoms with Gasteiger partial charge in [-0.1, -0.05) is 6.08 Å². The summed E-state index contributed by atoms with van der Waals surface area (Å²) in [5.41, 5.74) is 0. The number of carbonyl (C=O) groups is 2. The van der Waals surface area contributed by atoms with E-state index in [1.807, 2.05) is 0 Å². The van der Waals surface area contributed by atoms with Crippen LogP contribution in [0, 0.1) is 5.92 Å². The van der Waals surface area contributed by atoms with Crippen molar-refractivity contribution in [2.75, 3.05) is 6.61 Å². The van der Waals surface area contributed by atoms with E-state index in [2.05, 4.69) is 11.3 Å². The number of Topliss-reactive ketones (excluding diaryl/α,β-unsaturated/α-hetero) is 1. The average molecular weight is 524 g/mol. The van der Waals surface area contributed by atoms with Crippen molar-refractivity contribution in [1.29, 1.82) is 0 Å². The molecule has 1 unspecified atom stereocenters. The smallest absolute Gasteiger partial charge is 0.460 e. The molecule has 33 heavy (non-hydrogen) atoms. The van der Waals surface area contributed by atoms with Gasteiger partial charge in [0.15, 0.2) is 0 Å². The number of rotatable bonds is 11. The van der Waals surface area contributed by atoms with Crippen LogP contribution in [-0.4, -0.2) is 60.1 Å². The van der Waals surface area contributed by atoms with Crippen molar-refractivity contribution in [2.24, 2.45) is 5.92 Å². The van der Waals surface area contributed by atoms with Gasteiger partial charge in [0, 0.05) is 0 Å². The fraction of sp³-hybridized carbons (Fsp3) is 0.733. The SMILES string of the molecule is C=CCC(C(=O)OCC)C(=O)C(F)(F)C(F)(F)C(F)(F)C(F)(F)C(F)(F)C(F)(F)C(F)(F)F. The highest BCUT2D eigenvalue weighted by Crippen LogP contribution is 2.62. The van der Waals surface area contributed by atoms with Crippen molar-refractivity contribution in [3.05, 3.63) is 12.7 Å². The van der Waals surface area contributed by atoms with E-state index in [0.717, 1.165) is 6.92 Å². The molecule has 0 aliphatic carbocycles. The number of halogens is 15. The molecule has 0 N–H and O–H groups in total. The highest BCUT2D eigenvalue weighted by Gasteiger charge is 2.94.